The Hall–Kier alpha value is -0.820. The zero-order valence-corrected chi connectivity index (χ0v) is 13.2. The molecule has 1 nitrogen and oxygen atoms in total. The first-order chi connectivity index (χ1) is 10.4. The molecule has 0 bridgehead atoms. The third kappa shape index (κ3) is 3.18. The zero-order chi connectivity index (χ0) is 14.1. The predicted octanol–water partition coefficient (Wildman–Crippen LogP) is 4.66. The molecular weight excluding hydrogens is 254 g/mol. The lowest BCUT2D eigenvalue weighted by molar-refractivity contribution is 0.313. The SMILES string of the molecule is c1ccc2c(c1)CCCC2CC1CCCC1CNC1CC1. The van der Waals surface area contributed by atoms with Gasteiger partial charge in [-0.3, -0.25) is 0 Å². The van der Waals surface area contributed by atoms with Crippen molar-refractivity contribution in [1.82, 2.24) is 5.32 Å². The van der Waals surface area contributed by atoms with Gasteiger partial charge in [0.25, 0.3) is 0 Å². The molecule has 1 N–H and O–H groups in total. The van der Waals surface area contributed by atoms with Gasteiger partial charge in [-0.2, -0.15) is 0 Å². The van der Waals surface area contributed by atoms with E-state index in [-0.39, 0.29) is 0 Å². The van der Waals surface area contributed by atoms with Crippen molar-refractivity contribution >= 4 is 0 Å². The van der Waals surface area contributed by atoms with Crippen LogP contribution >= 0.6 is 0 Å². The average molecular weight is 283 g/mol. The number of rotatable bonds is 5. The van der Waals surface area contributed by atoms with E-state index in [9.17, 15) is 0 Å². The summed E-state index contributed by atoms with van der Waals surface area (Å²) in [4.78, 5) is 0. The van der Waals surface area contributed by atoms with E-state index in [1.807, 2.05) is 0 Å². The molecule has 0 saturated heterocycles. The number of hydrogen-bond acceptors (Lipinski definition) is 1. The van der Waals surface area contributed by atoms with Gasteiger partial charge in [0.05, 0.1) is 0 Å². The molecule has 3 atom stereocenters. The summed E-state index contributed by atoms with van der Waals surface area (Å²) >= 11 is 0. The molecule has 2 saturated carbocycles. The first-order valence-corrected chi connectivity index (χ1v) is 9.21. The summed E-state index contributed by atoms with van der Waals surface area (Å²) in [6.07, 6.45) is 12.9. The predicted molar refractivity (Wildman–Crippen MR) is 88.6 cm³/mol. The first kappa shape index (κ1) is 13.8. The standard InChI is InChI=1S/C20H29N/c1-2-10-20-15(5-1)6-3-8-17(20)13-16-7-4-9-18(16)14-21-19-11-12-19/h1-2,5,10,16-19,21H,3-4,6-9,11-14H2. The van der Waals surface area contributed by atoms with Gasteiger partial charge in [-0.25, -0.2) is 0 Å². The molecule has 3 aliphatic carbocycles. The van der Waals surface area contributed by atoms with Gasteiger partial charge < -0.3 is 5.32 Å². The summed E-state index contributed by atoms with van der Waals surface area (Å²) in [7, 11) is 0. The van der Waals surface area contributed by atoms with Crippen LogP contribution in [0.3, 0.4) is 0 Å². The van der Waals surface area contributed by atoms with E-state index in [4.69, 9.17) is 0 Å². The van der Waals surface area contributed by atoms with Gasteiger partial charge in [0.2, 0.25) is 0 Å². The maximum absolute atomic E-state index is 3.78. The fourth-order valence-corrected chi connectivity index (χ4v) is 4.76. The minimum Gasteiger partial charge on any atom is -0.314 e. The maximum atomic E-state index is 3.78. The summed E-state index contributed by atoms with van der Waals surface area (Å²) in [5.41, 5.74) is 3.32. The molecule has 4 rings (SSSR count). The number of fused-ring (bicyclic) bond motifs is 1. The molecule has 0 radical (unpaired) electrons. The molecule has 0 aromatic heterocycles. The molecule has 0 amide bonds. The lowest BCUT2D eigenvalue weighted by atomic mass is 9.76. The number of benzene rings is 1. The van der Waals surface area contributed by atoms with E-state index in [1.54, 1.807) is 11.1 Å². The summed E-state index contributed by atoms with van der Waals surface area (Å²) in [5.74, 6) is 2.79. The van der Waals surface area contributed by atoms with Crippen molar-refractivity contribution in [2.45, 2.75) is 69.7 Å². The van der Waals surface area contributed by atoms with Crippen molar-refractivity contribution in [3.8, 4) is 0 Å². The van der Waals surface area contributed by atoms with Crippen molar-refractivity contribution in [2.75, 3.05) is 6.54 Å². The highest BCUT2D eigenvalue weighted by Gasteiger charge is 2.32. The quantitative estimate of drug-likeness (QED) is 0.828. The van der Waals surface area contributed by atoms with Crippen LogP contribution in [0.1, 0.15) is 68.4 Å². The van der Waals surface area contributed by atoms with Gasteiger partial charge in [-0.1, -0.05) is 37.1 Å². The number of hydrogen-bond donors (Lipinski definition) is 1. The van der Waals surface area contributed by atoms with Crippen LogP contribution in [0.4, 0.5) is 0 Å². The molecule has 21 heavy (non-hydrogen) atoms. The van der Waals surface area contributed by atoms with Gasteiger partial charge >= 0.3 is 0 Å². The van der Waals surface area contributed by atoms with Gasteiger partial charge in [0.1, 0.15) is 0 Å². The van der Waals surface area contributed by atoms with Crippen molar-refractivity contribution in [2.24, 2.45) is 11.8 Å². The van der Waals surface area contributed by atoms with Crippen LogP contribution in [0.5, 0.6) is 0 Å². The minimum atomic E-state index is 0.849. The van der Waals surface area contributed by atoms with Crippen molar-refractivity contribution in [3.05, 3.63) is 35.4 Å². The van der Waals surface area contributed by atoms with Crippen molar-refractivity contribution in [1.29, 1.82) is 0 Å². The molecule has 3 unspecified atom stereocenters. The summed E-state index contributed by atoms with van der Waals surface area (Å²) in [6, 6.07) is 10.1. The molecule has 0 aliphatic heterocycles. The Bertz CT molecular complexity index is 476. The van der Waals surface area contributed by atoms with E-state index < -0.39 is 0 Å². The van der Waals surface area contributed by atoms with Crippen LogP contribution in [-0.4, -0.2) is 12.6 Å². The van der Waals surface area contributed by atoms with Crippen molar-refractivity contribution < 1.29 is 0 Å². The second-order valence-corrected chi connectivity index (χ2v) is 7.66. The van der Waals surface area contributed by atoms with Crippen LogP contribution in [0, 0.1) is 11.8 Å². The van der Waals surface area contributed by atoms with Crippen LogP contribution in [0.25, 0.3) is 0 Å². The van der Waals surface area contributed by atoms with Crippen LogP contribution in [-0.2, 0) is 6.42 Å². The second-order valence-electron chi connectivity index (χ2n) is 7.66. The van der Waals surface area contributed by atoms with E-state index in [2.05, 4.69) is 29.6 Å². The molecule has 0 heterocycles. The highest BCUT2D eigenvalue weighted by Crippen LogP contribution is 2.42. The Morgan fingerprint density at radius 2 is 1.76 bits per heavy atom. The third-order valence-electron chi connectivity index (χ3n) is 6.14. The van der Waals surface area contributed by atoms with E-state index >= 15 is 0 Å². The lowest BCUT2D eigenvalue weighted by Crippen LogP contribution is -2.28. The van der Waals surface area contributed by atoms with Crippen LogP contribution in [0.15, 0.2) is 24.3 Å². The molecule has 1 heteroatoms. The third-order valence-corrected chi connectivity index (χ3v) is 6.14. The molecule has 1 aromatic rings. The Labute approximate surface area is 129 Å². The number of aryl methyl sites for hydroxylation is 1. The molecule has 0 spiro atoms. The minimum absolute atomic E-state index is 0.849. The largest absolute Gasteiger partial charge is 0.314 e. The van der Waals surface area contributed by atoms with E-state index in [0.29, 0.717) is 0 Å². The topological polar surface area (TPSA) is 12.0 Å². The van der Waals surface area contributed by atoms with Gasteiger partial charge in [-0.05, 0) is 80.4 Å². The monoisotopic (exact) mass is 283 g/mol. The van der Waals surface area contributed by atoms with Crippen LogP contribution < -0.4 is 5.32 Å². The smallest absolute Gasteiger partial charge is 0.00683 e. The zero-order valence-electron chi connectivity index (χ0n) is 13.2. The van der Waals surface area contributed by atoms with Gasteiger partial charge in [0, 0.05) is 6.04 Å². The Morgan fingerprint density at radius 1 is 0.905 bits per heavy atom. The Morgan fingerprint density at radius 3 is 2.67 bits per heavy atom. The van der Waals surface area contributed by atoms with Gasteiger partial charge in [-0.15, -0.1) is 0 Å². The fraction of sp³-hybridized carbons (Fsp3) is 0.700. The van der Waals surface area contributed by atoms with E-state index in [0.717, 1.165) is 23.8 Å². The summed E-state index contributed by atoms with van der Waals surface area (Å²) in [5, 5.41) is 3.78. The fourth-order valence-electron chi connectivity index (χ4n) is 4.76. The second kappa shape index (κ2) is 6.12. The lowest BCUT2D eigenvalue weighted by Gasteiger charge is -2.30. The normalized spacial score (nSPS) is 32.1. The molecule has 2 fully saturated rings. The summed E-state index contributed by atoms with van der Waals surface area (Å²) < 4.78 is 0. The van der Waals surface area contributed by atoms with Crippen LogP contribution in [0.2, 0.25) is 0 Å². The summed E-state index contributed by atoms with van der Waals surface area (Å²) in [6.45, 7) is 1.30. The van der Waals surface area contributed by atoms with E-state index in [1.165, 1.54) is 64.3 Å². The molecule has 1 aromatic carbocycles. The molecule has 3 aliphatic rings. The highest BCUT2D eigenvalue weighted by atomic mass is 14.9. The molecular formula is C20H29N. The first-order valence-electron chi connectivity index (χ1n) is 9.21. The van der Waals surface area contributed by atoms with Crippen molar-refractivity contribution in [3.63, 3.8) is 0 Å². The highest BCUT2D eigenvalue weighted by molar-refractivity contribution is 5.32. The molecule has 114 valence electrons. The van der Waals surface area contributed by atoms with Gasteiger partial charge in [0.15, 0.2) is 0 Å². The Kier molecular flexibility index (Phi) is 4.03. The maximum Gasteiger partial charge on any atom is 0.00683 e. The average Bonchev–Trinajstić information content (AvgIpc) is 3.25. The Balaban J connectivity index is 1.40. The number of nitrogens with one attached hydrogen (secondary N) is 1.